The first kappa shape index (κ1) is 23.6. The summed E-state index contributed by atoms with van der Waals surface area (Å²) >= 11 is 0. The lowest BCUT2D eigenvalue weighted by atomic mass is 9.96. The third-order valence-corrected chi connectivity index (χ3v) is 6.33. The first-order valence-corrected chi connectivity index (χ1v) is 10.2. The van der Waals surface area contributed by atoms with Crippen molar-refractivity contribution in [2.45, 2.75) is 24.4 Å². The molecule has 1 fully saturated rings. The molecule has 0 amide bonds. The Kier molecular flexibility index (Phi) is 7.34. The molecule has 0 unspecified atom stereocenters. The van der Waals surface area contributed by atoms with Gasteiger partial charge in [0.25, 0.3) is 16.1 Å². The predicted molar refractivity (Wildman–Crippen MR) is 109 cm³/mol. The summed E-state index contributed by atoms with van der Waals surface area (Å²) in [7, 11) is -1.57. The Balaban J connectivity index is 0.00000300. The zero-order valence-corrected chi connectivity index (χ0v) is 17.5. The summed E-state index contributed by atoms with van der Waals surface area (Å²) < 4.78 is 70.6. The molecule has 0 saturated carbocycles. The van der Waals surface area contributed by atoms with Crippen LogP contribution in [-0.4, -0.2) is 51.4 Å². The van der Waals surface area contributed by atoms with Gasteiger partial charge in [-0.15, -0.1) is 12.4 Å². The molecule has 0 radical (unpaired) electrons. The van der Waals surface area contributed by atoms with Crippen LogP contribution < -0.4 is 10.0 Å². The van der Waals surface area contributed by atoms with Crippen molar-refractivity contribution in [1.29, 1.82) is 0 Å². The van der Waals surface area contributed by atoms with Crippen LogP contribution in [0.15, 0.2) is 48.5 Å². The van der Waals surface area contributed by atoms with Crippen LogP contribution in [0.5, 0.6) is 0 Å². The Bertz CT molecular complexity index is 943. The second-order valence-corrected chi connectivity index (χ2v) is 8.90. The Hall–Kier alpha value is -1.65. The zero-order valence-electron chi connectivity index (χ0n) is 15.9. The number of rotatable bonds is 6. The lowest BCUT2D eigenvalue weighted by Crippen LogP contribution is -2.54. The Morgan fingerprint density at radius 1 is 1.14 bits per heavy atom. The van der Waals surface area contributed by atoms with Crippen molar-refractivity contribution >= 4 is 22.6 Å². The molecule has 160 valence electrons. The molecule has 3 rings (SSSR count). The molecule has 29 heavy (non-hydrogen) atoms. The molecule has 0 aromatic heterocycles. The van der Waals surface area contributed by atoms with Gasteiger partial charge in [0.15, 0.2) is 0 Å². The second kappa shape index (κ2) is 9.01. The first-order valence-electron chi connectivity index (χ1n) is 8.75. The molecule has 1 saturated heterocycles. The van der Waals surface area contributed by atoms with E-state index in [4.69, 9.17) is 0 Å². The Labute approximate surface area is 174 Å². The van der Waals surface area contributed by atoms with Crippen LogP contribution in [0.1, 0.15) is 5.56 Å². The molecule has 2 atom stereocenters. The molecule has 0 bridgehead atoms. The minimum atomic E-state index is -4.07. The van der Waals surface area contributed by atoms with Gasteiger partial charge in [-0.2, -0.15) is 17.4 Å². The van der Waals surface area contributed by atoms with E-state index in [1.165, 1.54) is 20.2 Å². The molecule has 2 aromatic carbocycles. The Morgan fingerprint density at radius 3 is 2.41 bits per heavy atom. The van der Waals surface area contributed by atoms with E-state index in [0.29, 0.717) is 11.1 Å². The molecule has 10 heteroatoms. The monoisotopic (exact) mass is 449 g/mol. The molecule has 0 aliphatic carbocycles. The topological polar surface area (TPSA) is 61.4 Å². The van der Waals surface area contributed by atoms with Gasteiger partial charge in [0, 0.05) is 25.7 Å². The largest absolute Gasteiger partial charge is 0.306 e. The molecule has 1 aliphatic heterocycles. The van der Waals surface area contributed by atoms with Crippen LogP contribution in [0.3, 0.4) is 0 Å². The van der Waals surface area contributed by atoms with E-state index < -0.39 is 40.6 Å². The third kappa shape index (κ3) is 5.10. The summed E-state index contributed by atoms with van der Waals surface area (Å²) in [4.78, 5) is 0. The summed E-state index contributed by atoms with van der Waals surface area (Å²) in [5.41, 5.74) is 1.29. The Morgan fingerprint density at radius 2 is 1.79 bits per heavy atom. The number of halogens is 4. The number of hydrogen-bond donors (Lipinski definition) is 2. The molecule has 2 N–H and O–H groups in total. The number of alkyl halides is 2. The highest BCUT2D eigenvalue weighted by atomic mass is 35.5. The number of nitrogens with one attached hydrogen (secondary N) is 2. The van der Waals surface area contributed by atoms with Gasteiger partial charge in [-0.3, -0.25) is 0 Å². The maximum absolute atomic E-state index is 15.0. The molecule has 2 aromatic rings. The fourth-order valence-corrected chi connectivity index (χ4v) is 4.10. The second-order valence-electron chi connectivity index (χ2n) is 6.98. The van der Waals surface area contributed by atoms with Crippen molar-refractivity contribution in [3.63, 3.8) is 0 Å². The van der Waals surface area contributed by atoms with Crippen LogP contribution >= 0.6 is 12.4 Å². The van der Waals surface area contributed by atoms with E-state index >= 15 is 4.39 Å². The molecular formula is C19H23ClF3N3O2S. The van der Waals surface area contributed by atoms with Gasteiger partial charge in [0.05, 0.1) is 6.54 Å². The fourth-order valence-electron chi connectivity index (χ4n) is 3.23. The van der Waals surface area contributed by atoms with Gasteiger partial charge in [0.2, 0.25) is 0 Å². The first-order chi connectivity index (χ1) is 13.1. The van der Waals surface area contributed by atoms with Gasteiger partial charge in [-0.05, 0) is 17.5 Å². The SMILES string of the molecule is CN(C)S(=O)(=O)N[C@@H]1[C@H](Cc2cccc(-c3ccccc3)c2F)NCC1(F)F.Cl. The normalized spacial score (nSPS) is 21.2. The van der Waals surface area contributed by atoms with E-state index in [1.54, 1.807) is 36.4 Å². The maximum atomic E-state index is 15.0. The predicted octanol–water partition coefficient (Wildman–Crippen LogP) is 2.83. The zero-order chi connectivity index (χ0) is 20.5. The summed E-state index contributed by atoms with van der Waals surface area (Å²) in [5.74, 6) is -3.79. The van der Waals surface area contributed by atoms with Crippen molar-refractivity contribution in [3.8, 4) is 11.1 Å². The molecule has 5 nitrogen and oxygen atoms in total. The number of hydrogen-bond acceptors (Lipinski definition) is 3. The van der Waals surface area contributed by atoms with E-state index in [-0.39, 0.29) is 24.4 Å². The number of benzene rings is 2. The van der Waals surface area contributed by atoms with Crippen LogP contribution in [0.2, 0.25) is 0 Å². The molecule has 1 aliphatic rings. The maximum Gasteiger partial charge on any atom is 0.279 e. The lowest BCUT2D eigenvalue weighted by molar-refractivity contribution is -0.00125. The summed E-state index contributed by atoms with van der Waals surface area (Å²) in [6, 6.07) is 11.1. The molecule has 1 heterocycles. The van der Waals surface area contributed by atoms with Crippen molar-refractivity contribution in [2.75, 3.05) is 20.6 Å². The third-order valence-electron chi connectivity index (χ3n) is 4.82. The minimum Gasteiger partial charge on any atom is -0.306 e. The van der Waals surface area contributed by atoms with Crippen LogP contribution in [0, 0.1) is 5.82 Å². The summed E-state index contributed by atoms with van der Waals surface area (Å²) in [6.45, 7) is -0.682. The van der Waals surface area contributed by atoms with Gasteiger partial charge >= 0.3 is 0 Å². The van der Waals surface area contributed by atoms with Gasteiger partial charge < -0.3 is 5.32 Å². The van der Waals surface area contributed by atoms with Crippen molar-refractivity contribution in [2.24, 2.45) is 0 Å². The summed E-state index contributed by atoms with van der Waals surface area (Å²) in [5, 5.41) is 2.63. The molecular weight excluding hydrogens is 427 g/mol. The van der Waals surface area contributed by atoms with Crippen molar-refractivity contribution in [1.82, 2.24) is 14.3 Å². The molecule has 0 spiro atoms. The van der Waals surface area contributed by atoms with E-state index in [1.807, 2.05) is 10.8 Å². The van der Waals surface area contributed by atoms with E-state index in [2.05, 4.69) is 5.32 Å². The minimum absolute atomic E-state index is 0. The lowest BCUT2D eigenvalue weighted by Gasteiger charge is -2.26. The van der Waals surface area contributed by atoms with E-state index in [0.717, 1.165) is 4.31 Å². The number of nitrogens with zero attached hydrogens (tertiary/aromatic N) is 1. The van der Waals surface area contributed by atoms with Crippen molar-refractivity contribution in [3.05, 3.63) is 59.9 Å². The van der Waals surface area contributed by atoms with Crippen LogP contribution in [0.25, 0.3) is 11.1 Å². The van der Waals surface area contributed by atoms with Crippen molar-refractivity contribution < 1.29 is 21.6 Å². The van der Waals surface area contributed by atoms with Gasteiger partial charge in [0.1, 0.15) is 11.9 Å². The average Bonchev–Trinajstić information content (AvgIpc) is 2.91. The highest BCUT2D eigenvalue weighted by molar-refractivity contribution is 7.87. The standard InChI is InChI=1S/C19H22F3N3O2S.ClH/c1-25(2)28(26,27)24-18-16(23-12-19(18,21)22)11-14-9-6-10-15(17(14)20)13-7-4-3-5-8-13;/h3-10,16,18,23-24H,11-12H2,1-2H3;1H/t16-,18+;/m0./s1. The van der Waals surface area contributed by atoms with Gasteiger partial charge in [-0.1, -0.05) is 48.5 Å². The fraction of sp³-hybridized carbons (Fsp3) is 0.368. The van der Waals surface area contributed by atoms with Gasteiger partial charge in [-0.25, -0.2) is 13.2 Å². The quantitative estimate of drug-likeness (QED) is 0.713. The highest BCUT2D eigenvalue weighted by Gasteiger charge is 2.51. The van der Waals surface area contributed by atoms with Crippen LogP contribution in [-0.2, 0) is 16.6 Å². The smallest absolute Gasteiger partial charge is 0.279 e. The summed E-state index contributed by atoms with van der Waals surface area (Å²) in [6.07, 6.45) is -0.0806. The highest BCUT2D eigenvalue weighted by Crippen LogP contribution is 2.31. The van der Waals surface area contributed by atoms with E-state index in [9.17, 15) is 17.2 Å². The van der Waals surface area contributed by atoms with Crippen LogP contribution in [0.4, 0.5) is 13.2 Å². The average molecular weight is 450 g/mol.